The van der Waals surface area contributed by atoms with Crippen LogP contribution in [0.25, 0.3) is 0 Å². The summed E-state index contributed by atoms with van der Waals surface area (Å²) in [4.78, 5) is 39.6. The Bertz CT molecular complexity index is 1150. The van der Waals surface area contributed by atoms with E-state index in [1.54, 1.807) is 12.1 Å². The van der Waals surface area contributed by atoms with Crippen LogP contribution in [0.3, 0.4) is 0 Å². The van der Waals surface area contributed by atoms with Crippen molar-refractivity contribution in [1.82, 2.24) is 19.5 Å². The fraction of sp³-hybridized carbons (Fsp3) is 0.318. The van der Waals surface area contributed by atoms with Gasteiger partial charge in [-0.05, 0) is 44.0 Å². The summed E-state index contributed by atoms with van der Waals surface area (Å²) >= 11 is 0. The molecular formula is C22H25N7O2. The van der Waals surface area contributed by atoms with Crippen molar-refractivity contribution in [3.8, 4) is 0 Å². The van der Waals surface area contributed by atoms with Gasteiger partial charge in [0, 0.05) is 49.2 Å². The molecule has 2 aromatic heterocycles. The Hall–Kier alpha value is -3.75. The van der Waals surface area contributed by atoms with Crippen LogP contribution in [0.1, 0.15) is 30.1 Å². The summed E-state index contributed by atoms with van der Waals surface area (Å²) in [6.45, 7) is 1.83. The molecule has 1 fully saturated rings. The van der Waals surface area contributed by atoms with Crippen molar-refractivity contribution in [3.05, 3.63) is 64.5 Å². The van der Waals surface area contributed by atoms with Gasteiger partial charge in [0.1, 0.15) is 12.4 Å². The zero-order chi connectivity index (χ0) is 22.0. The van der Waals surface area contributed by atoms with Crippen LogP contribution < -0.4 is 21.1 Å². The lowest BCUT2D eigenvalue weighted by molar-refractivity contribution is -0.116. The number of benzene rings is 1. The lowest BCUT2D eigenvalue weighted by Gasteiger charge is -2.14. The molecule has 4 rings (SSSR count). The van der Waals surface area contributed by atoms with Crippen LogP contribution in [-0.2, 0) is 11.3 Å². The predicted molar refractivity (Wildman–Crippen MR) is 120 cm³/mol. The predicted octanol–water partition coefficient (Wildman–Crippen LogP) is 2.67. The zero-order valence-corrected chi connectivity index (χ0v) is 17.8. The summed E-state index contributed by atoms with van der Waals surface area (Å²) in [6, 6.07) is 10.6. The van der Waals surface area contributed by atoms with Gasteiger partial charge in [0.15, 0.2) is 0 Å². The molecule has 0 saturated heterocycles. The van der Waals surface area contributed by atoms with Gasteiger partial charge >= 0.3 is 0 Å². The monoisotopic (exact) mass is 419 g/mol. The molecule has 9 nitrogen and oxygen atoms in total. The van der Waals surface area contributed by atoms with Crippen molar-refractivity contribution in [1.29, 1.82) is 0 Å². The van der Waals surface area contributed by atoms with E-state index in [0.29, 0.717) is 17.6 Å². The van der Waals surface area contributed by atoms with E-state index in [0.717, 1.165) is 35.7 Å². The van der Waals surface area contributed by atoms with Crippen LogP contribution in [0.15, 0.2) is 47.5 Å². The molecule has 2 N–H and O–H groups in total. The fourth-order valence-electron chi connectivity index (χ4n) is 3.12. The molecule has 3 aromatic rings. The fourth-order valence-corrected chi connectivity index (χ4v) is 3.12. The molecule has 0 bridgehead atoms. The molecule has 0 unspecified atom stereocenters. The van der Waals surface area contributed by atoms with Crippen molar-refractivity contribution in [3.63, 3.8) is 0 Å². The van der Waals surface area contributed by atoms with Crippen molar-refractivity contribution in [2.45, 2.75) is 32.2 Å². The van der Waals surface area contributed by atoms with Crippen LogP contribution in [0.2, 0.25) is 0 Å². The van der Waals surface area contributed by atoms with Gasteiger partial charge in [-0.25, -0.2) is 9.97 Å². The Morgan fingerprint density at radius 2 is 1.84 bits per heavy atom. The third-order valence-electron chi connectivity index (χ3n) is 4.93. The lowest BCUT2D eigenvalue weighted by Crippen LogP contribution is -2.27. The zero-order valence-electron chi connectivity index (χ0n) is 17.8. The quantitative estimate of drug-likeness (QED) is 0.607. The minimum absolute atomic E-state index is 0.0821. The van der Waals surface area contributed by atoms with E-state index >= 15 is 0 Å². The topological polar surface area (TPSA) is 105 Å². The number of carbonyl (C=O) groups is 1. The number of amides is 1. The van der Waals surface area contributed by atoms with Crippen LogP contribution in [0.5, 0.6) is 0 Å². The van der Waals surface area contributed by atoms with E-state index in [-0.39, 0.29) is 18.0 Å². The molecular weight excluding hydrogens is 394 g/mol. The molecule has 160 valence electrons. The SMILES string of the molecule is Cc1cc(N(C)C)nc(Nc2ccc(NC(=O)Cn3cnc(C4CC4)cc3=O)cc2)n1. The van der Waals surface area contributed by atoms with E-state index < -0.39 is 0 Å². The largest absolute Gasteiger partial charge is 0.363 e. The van der Waals surface area contributed by atoms with E-state index in [1.165, 1.54) is 17.0 Å². The van der Waals surface area contributed by atoms with Gasteiger partial charge in [0.05, 0.1) is 12.0 Å². The van der Waals surface area contributed by atoms with Gasteiger partial charge in [0.2, 0.25) is 11.9 Å². The highest BCUT2D eigenvalue weighted by molar-refractivity contribution is 5.90. The average molecular weight is 419 g/mol. The average Bonchev–Trinajstić information content (AvgIpc) is 3.56. The first-order valence-corrected chi connectivity index (χ1v) is 10.1. The number of nitrogens with zero attached hydrogens (tertiary/aromatic N) is 5. The van der Waals surface area contributed by atoms with Gasteiger partial charge in [-0.15, -0.1) is 0 Å². The third-order valence-corrected chi connectivity index (χ3v) is 4.93. The summed E-state index contributed by atoms with van der Waals surface area (Å²) in [5.74, 6) is 1.43. The molecule has 31 heavy (non-hydrogen) atoms. The standard InChI is InChI=1S/C22H25N7O2/c1-14-10-19(28(2)3)27-22(24-14)26-17-8-6-16(7-9-17)25-20(30)12-29-13-23-18(11-21(29)31)15-4-5-15/h6-11,13,15H,4-5,12H2,1-3H3,(H,25,30)(H,24,26,27). The first-order chi connectivity index (χ1) is 14.9. The van der Waals surface area contributed by atoms with Gasteiger partial charge in [-0.3, -0.25) is 14.2 Å². The Morgan fingerprint density at radius 3 is 2.48 bits per heavy atom. The number of carbonyl (C=O) groups excluding carboxylic acids is 1. The normalized spacial score (nSPS) is 13.0. The van der Waals surface area contributed by atoms with Crippen molar-refractivity contribution in [2.75, 3.05) is 29.6 Å². The molecule has 1 aliphatic rings. The Kier molecular flexibility index (Phi) is 5.66. The highest BCUT2D eigenvalue weighted by Gasteiger charge is 2.25. The maximum absolute atomic E-state index is 12.3. The second-order valence-corrected chi connectivity index (χ2v) is 7.89. The summed E-state index contributed by atoms with van der Waals surface area (Å²) in [6.07, 6.45) is 3.61. The van der Waals surface area contributed by atoms with Crippen LogP contribution >= 0.6 is 0 Å². The third kappa shape index (κ3) is 5.25. The molecule has 1 aromatic carbocycles. The minimum Gasteiger partial charge on any atom is -0.363 e. The Morgan fingerprint density at radius 1 is 1.13 bits per heavy atom. The number of hydrogen-bond acceptors (Lipinski definition) is 7. The molecule has 9 heteroatoms. The van der Waals surface area contributed by atoms with E-state index in [4.69, 9.17) is 0 Å². The molecule has 1 amide bonds. The molecule has 0 atom stereocenters. The number of hydrogen-bond donors (Lipinski definition) is 2. The molecule has 1 saturated carbocycles. The lowest BCUT2D eigenvalue weighted by atomic mass is 10.2. The maximum atomic E-state index is 12.3. The molecule has 0 aliphatic heterocycles. The molecule has 2 heterocycles. The second-order valence-electron chi connectivity index (χ2n) is 7.89. The number of rotatable bonds is 7. The maximum Gasteiger partial charge on any atom is 0.254 e. The van der Waals surface area contributed by atoms with Crippen molar-refractivity contribution in [2.24, 2.45) is 0 Å². The smallest absolute Gasteiger partial charge is 0.254 e. The van der Waals surface area contributed by atoms with Gasteiger partial charge in [-0.2, -0.15) is 4.98 Å². The van der Waals surface area contributed by atoms with Crippen LogP contribution in [0, 0.1) is 6.92 Å². The Balaban J connectivity index is 1.37. The first-order valence-electron chi connectivity index (χ1n) is 10.1. The number of nitrogens with one attached hydrogen (secondary N) is 2. The number of anilines is 4. The van der Waals surface area contributed by atoms with E-state index in [9.17, 15) is 9.59 Å². The number of aromatic nitrogens is 4. The highest BCUT2D eigenvalue weighted by atomic mass is 16.2. The molecule has 0 spiro atoms. The van der Waals surface area contributed by atoms with Crippen LogP contribution in [0.4, 0.5) is 23.1 Å². The molecule has 0 radical (unpaired) electrons. The van der Waals surface area contributed by atoms with E-state index in [1.807, 2.05) is 44.1 Å². The van der Waals surface area contributed by atoms with Gasteiger partial charge in [-0.1, -0.05) is 0 Å². The Labute approximate surface area is 180 Å². The summed E-state index contributed by atoms with van der Waals surface area (Å²) < 4.78 is 1.31. The summed E-state index contributed by atoms with van der Waals surface area (Å²) in [5, 5.41) is 5.97. The minimum atomic E-state index is -0.290. The molecule has 1 aliphatic carbocycles. The second kappa shape index (κ2) is 8.55. The van der Waals surface area contributed by atoms with Gasteiger partial charge < -0.3 is 15.5 Å². The number of aryl methyl sites for hydroxylation is 1. The van der Waals surface area contributed by atoms with Gasteiger partial charge in [0.25, 0.3) is 5.56 Å². The first kappa shape index (κ1) is 20.5. The highest BCUT2D eigenvalue weighted by Crippen LogP contribution is 2.38. The summed E-state index contributed by atoms with van der Waals surface area (Å²) in [5.41, 5.74) is 2.90. The van der Waals surface area contributed by atoms with E-state index in [2.05, 4.69) is 25.6 Å². The summed E-state index contributed by atoms with van der Waals surface area (Å²) in [7, 11) is 3.85. The van der Waals surface area contributed by atoms with Crippen LogP contribution in [-0.4, -0.2) is 39.5 Å². The van der Waals surface area contributed by atoms with Crippen molar-refractivity contribution < 1.29 is 4.79 Å². The van der Waals surface area contributed by atoms with Crippen molar-refractivity contribution >= 4 is 29.0 Å².